The van der Waals surface area contributed by atoms with Gasteiger partial charge in [0, 0.05) is 23.2 Å². The molecular weight excluding hydrogens is 845 g/mol. The van der Waals surface area contributed by atoms with E-state index in [0.717, 1.165) is 37.7 Å². The first kappa shape index (κ1) is 44.3. The van der Waals surface area contributed by atoms with E-state index in [0.29, 0.717) is 52.9 Å². The first-order valence-electron chi connectivity index (χ1n) is 21.8. The van der Waals surface area contributed by atoms with E-state index >= 15 is 4.39 Å². The Morgan fingerprint density at radius 2 is 1.76 bits per heavy atom. The molecule has 3 amide bonds. The Morgan fingerprint density at radius 3 is 2.49 bits per heavy atom. The second kappa shape index (κ2) is 18.4. The number of nitrogens with one attached hydrogen (secondary N) is 2. The molecule has 3 unspecified atom stereocenters. The number of rotatable bonds is 14. The van der Waals surface area contributed by atoms with E-state index < -0.39 is 49.0 Å². The second-order valence-electron chi connectivity index (χ2n) is 17.1. The number of nitrogens with zero attached hydrogens (tertiary/aromatic N) is 3. The standard InChI is InChI=1S/C47H53FN5O8PS/c1-4-23-60-46(57)29(2)51-62(58,61-34-13-6-5-7-14-34)42(48)31-17-20-40-32(24-31)26-41(63-40)43(54)50-38-16-9-8-12-33-18-19-39(53(33)44(38)55)45(56)52-28-36(37(27-49)47(52)21-22-47)30-11-10-15-35(25-30)59-3/h5-7,10-11,13-15,17,20,24-26,29,33,36-39,42H,4,8-9,12,16,18-19,21-23,28H2,1-3H3,(H,50,54)(H,51,58)/t29-,33-,36+,37+,38?,39-,42?,62?/m0/s1. The van der Waals surface area contributed by atoms with Crippen LogP contribution >= 0.6 is 18.9 Å². The number of para-hydroxylation sites is 1. The molecule has 1 saturated carbocycles. The second-order valence-corrected chi connectivity index (χ2v) is 20.3. The van der Waals surface area contributed by atoms with Gasteiger partial charge in [0.15, 0.2) is 0 Å². The van der Waals surface area contributed by atoms with Crippen LogP contribution in [-0.2, 0) is 23.7 Å². The maximum atomic E-state index is 16.6. The summed E-state index contributed by atoms with van der Waals surface area (Å²) in [5.74, 6) is -3.53. The number of benzene rings is 3. The maximum absolute atomic E-state index is 16.6. The fourth-order valence-corrected chi connectivity index (χ4v) is 12.5. The third-order valence-electron chi connectivity index (χ3n) is 13.0. The summed E-state index contributed by atoms with van der Waals surface area (Å²) in [6.07, 6.45) is 5.97. The molecule has 0 radical (unpaired) electrons. The molecular formula is C47H53FN5O8PS. The van der Waals surface area contributed by atoms with E-state index in [4.69, 9.17) is 14.0 Å². The van der Waals surface area contributed by atoms with Gasteiger partial charge in [0.05, 0.1) is 36.1 Å². The van der Waals surface area contributed by atoms with Crippen LogP contribution in [0, 0.1) is 17.2 Å². The molecule has 4 heterocycles. The van der Waals surface area contributed by atoms with Crippen LogP contribution < -0.4 is 19.7 Å². The zero-order valence-corrected chi connectivity index (χ0v) is 37.4. The van der Waals surface area contributed by atoms with Gasteiger partial charge in [0.1, 0.15) is 29.6 Å². The molecule has 3 aromatic carbocycles. The lowest BCUT2D eigenvalue weighted by Crippen LogP contribution is -2.57. The molecule has 1 aliphatic carbocycles. The lowest BCUT2D eigenvalue weighted by molar-refractivity contribution is -0.148. The van der Waals surface area contributed by atoms with Gasteiger partial charge in [-0.3, -0.25) is 23.7 Å². The molecule has 1 spiro atoms. The van der Waals surface area contributed by atoms with Crippen molar-refractivity contribution in [3.63, 3.8) is 0 Å². The number of nitriles is 1. The number of carbonyl (C=O) groups is 4. The quantitative estimate of drug-likeness (QED) is 0.0927. The molecule has 8 rings (SSSR count). The van der Waals surface area contributed by atoms with E-state index in [1.165, 1.54) is 42.5 Å². The lowest BCUT2D eigenvalue weighted by atomic mass is 9.85. The number of amides is 3. The van der Waals surface area contributed by atoms with Crippen molar-refractivity contribution in [1.82, 2.24) is 20.2 Å². The first-order valence-corrected chi connectivity index (χ1v) is 24.3. The van der Waals surface area contributed by atoms with Crippen LogP contribution in [-0.4, -0.2) is 83.5 Å². The van der Waals surface area contributed by atoms with Crippen LogP contribution in [0.2, 0.25) is 0 Å². The number of fused-ring (bicyclic) bond motifs is 2. The summed E-state index contributed by atoms with van der Waals surface area (Å²) < 4.78 is 48.0. The molecule has 1 aromatic heterocycles. The highest BCUT2D eigenvalue weighted by molar-refractivity contribution is 7.57. The predicted molar refractivity (Wildman–Crippen MR) is 236 cm³/mol. The van der Waals surface area contributed by atoms with Gasteiger partial charge in [-0.15, -0.1) is 11.3 Å². The zero-order valence-electron chi connectivity index (χ0n) is 35.7. The van der Waals surface area contributed by atoms with Crippen LogP contribution in [0.25, 0.3) is 10.1 Å². The summed E-state index contributed by atoms with van der Waals surface area (Å²) in [7, 11) is -2.86. The van der Waals surface area contributed by atoms with Gasteiger partial charge in [-0.2, -0.15) is 5.26 Å². The minimum Gasteiger partial charge on any atom is -0.497 e. The summed E-state index contributed by atoms with van der Waals surface area (Å²) in [6.45, 7) is 3.81. The number of halogens is 1. The third kappa shape index (κ3) is 8.82. The largest absolute Gasteiger partial charge is 0.497 e. The van der Waals surface area contributed by atoms with Gasteiger partial charge in [-0.25, -0.2) is 9.48 Å². The highest BCUT2D eigenvalue weighted by Crippen LogP contribution is 2.59. The van der Waals surface area contributed by atoms with Gasteiger partial charge in [0.2, 0.25) is 17.7 Å². The van der Waals surface area contributed by atoms with Crippen molar-refractivity contribution >= 4 is 52.6 Å². The summed E-state index contributed by atoms with van der Waals surface area (Å²) in [5, 5.41) is 16.5. The SMILES string of the molecule is CCCOC(=O)[C@H](C)NP(=O)(Oc1ccccc1)C(F)c1ccc2sc(C(=O)NC3CCCC[C@H]4CC[C@@H](C(=O)N5C[C@H](c6cccc(OC)c6)[C@@H](C#N)C56CC6)N4C3=O)cc2c1. The van der Waals surface area contributed by atoms with Gasteiger partial charge in [-0.1, -0.05) is 56.2 Å². The van der Waals surface area contributed by atoms with E-state index in [9.17, 15) is 29.0 Å². The number of carbonyl (C=O) groups excluding carboxylic acids is 4. The Morgan fingerprint density at radius 1 is 1.00 bits per heavy atom. The van der Waals surface area contributed by atoms with Crippen LogP contribution in [0.4, 0.5) is 4.39 Å². The van der Waals surface area contributed by atoms with Crippen molar-refractivity contribution < 1.29 is 42.1 Å². The Hall–Kier alpha value is -5.29. The highest BCUT2D eigenvalue weighted by Gasteiger charge is 2.64. The van der Waals surface area contributed by atoms with Gasteiger partial charge in [0.25, 0.3) is 5.91 Å². The Labute approximate surface area is 370 Å². The summed E-state index contributed by atoms with van der Waals surface area (Å²) >= 11 is 1.18. The average molecular weight is 898 g/mol. The molecule has 4 fully saturated rings. The van der Waals surface area contributed by atoms with Crippen LogP contribution in [0.1, 0.15) is 104 Å². The number of esters is 1. The highest BCUT2D eigenvalue weighted by atomic mass is 32.1. The average Bonchev–Trinajstić information content (AvgIpc) is 3.61. The van der Waals surface area contributed by atoms with Crippen molar-refractivity contribution in [2.24, 2.45) is 5.92 Å². The van der Waals surface area contributed by atoms with E-state index in [-0.39, 0.29) is 47.6 Å². The van der Waals surface area contributed by atoms with Crippen molar-refractivity contribution in [2.75, 3.05) is 20.3 Å². The molecule has 3 saturated heterocycles. The van der Waals surface area contributed by atoms with Crippen LogP contribution in [0.3, 0.4) is 0 Å². The monoisotopic (exact) mass is 897 g/mol. The molecule has 4 aromatic rings. The van der Waals surface area contributed by atoms with Gasteiger partial charge < -0.3 is 29.1 Å². The van der Waals surface area contributed by atoms with Gasteiger partial charge in [-0.05, 0) is 111 Å². The molecule has 8 atom stereocenters. The Balaban J connectivity index is 0.991. The van der Waals surface area contributed by atoms with E-state index in [1.54, 1.807) is 42.3 Å². The molecule has 3 aliphatic heterocycles. The number of hydrogen-bond donors (Lipinski definition) is 2. The Bertz CT molecular complexity index is 2460. The molecule has 63 heavy (non-hydrogen) atoms. The smallest absolute Gasteiger partial charge is 0.355 e. The summed E-state index contributed by atoms with van der Waals surface area (Å²) in [5.41, 5.74) is 0.397. The number of methoxy groups -OCH3 is 1. The molecule has 13 nitrogen and oxygen atoms in total. The first-order chi connectivity index (χ1) is 30.4. The van der Waals surface area contributed by atoms with Crippen molar-refractivity contribution in [2.45, 2.75) is 113 Å². The number of ether oxygens (including phenoxy) is 2. The number of alkyl halides is 1. The minimum atomic E-state index is -4.46. The number of likely N-dealkylation sites (tertiary alicyclic amines) is 1. The number of thiophene rings is 1. The number of hydrogen-bond acceptors (Lipinski definition) is 10. The van der Waals surface area contributed by atoms with Crippen LogP contribution in [0.5, 0.6) is 11.5 Å². The van der Waals surface area contributed by atoms with Crippen LogP contribution in [0.15, 0.2) is 78.9 Å². The predicted octanol–water partition coefficient (Wildman–Crippen LogP) is 8.41. The topological polar surface area (TPSA) is 167 Å². The Kier molecular flexibility index (Phi) is 13.0. The summed E-state index contributed by atoms with van der Waals surface area (Å²) in [4.78, 5) is 59.8. The molecule has 0 bridgehead atoms. The fourth-order valence-electron chi connectivity index (χ4n) is 9.69. The lowest BCUT2D eigenvalue weighted by Gasteiger charge is -2.37. The molecule has 2 N–H and O–H groups in total. The summed E-state index contributed by atoms with van der Waals surface area (Å²) in [6, 6.07) is 21.7. The molecule has 16 heteroatoms. The van der Waals surface area contributed by atoms with Gasteiger partial charge >= 0.3 is 13.5 Å². The maximum Gasteiger partial charge on any atom is 0.355 e. The van der Waals surface area contributed by atoms with E-state index in [2.05, 4.69) is 16.5 Å². The van der Waals surface area contributed by atoms with E-state index in [1.807, 2.05) is 36.1 Å². The minimum absolute atomic E-state index is 0.0148. The zero-order chi connectivity index (χ0) is 44.5. The third-order valence-corrected chi connectivity index (χ3v) is 16.2. The molecule has 4 aliphatic rings. The normalized spacial score (nSPS) is 24.6. The fraction of sp³-hybridized carbons (Fsp3) is 0.468. The van der Waals surface area contributed by atoms with Crippen molar-refractivity contribution in [3.8, 4) is 17.6 Å². The molecule has 332 valence electrons. The van der Waals surface area contributed by atoms with Crippen molar-refractivity contribution in [3.05, 3.63) is 94.9 Å². The van der Waals surface area contributed by atoms with Crippen molar-refractivity contribution in [1.29, 1.82) is 5.26 Å².